The minimum absolute atomic E-state index is 0.0988. The zero-order chi connectivity index (χ0) is 20.5. The Labute approximate surface area is 160 Å². The third-order valence-electron chi connectivity index (χ3n) is 4.16. The molecule has 1 heterocycles. The van der Waals surface area contributed by atoms with Crippen molar-refractivity contribution in [1.29, 1.82) is 0 Å². The molecule has 0 bridgehead atoms. The molecule has 1 aliphatic rings. The number of anilines is 3. The second-order valence-electron chi connectivity index (χ2n) is 6.03. The number of carbonyl (C=O) groups is 1. The van der Waals surface area contributed by atoms with Gasteiger partial charge in [-0.1, -0.05) is 12.1 Å². The van der Waals surface area contributed by atoms with Gasteiger partial charge >= 0.3 is 6.09 Å². The molecule has 28 heavy (non-hydrogen) atoms. The molecule has 11 heteroatoms. The van der Waals surface area contributed by atoms with Crippen LogP contribution in [0.15, 0.2) is 36.4 Å². The summed E-state index contributed by atoms with van der Waals surface area (Å²) in [6.45, 7) is 0.274. The number of hydrogen-bond donors (Lipinski definition) is 4. The molecule has 0 fully saturated rings. The quantitative estimate of drug-likeness (QED) is 0.509. The summed E-state index contributed by atoms with van der Waals surface area (Å²) in [5.41, 5.74) is -0.253. The van der Waals surface area contributed by atoms with Gasteiger partial charge in [0.25, 0.3) is 0 Å². The third kappa shape index (κ3) is 3.68. The van der Waals surface area contributed by atoms with E-state index in [1.165, 1.54) is 10.4 Å². The first-order valence-corrected chi connectivity index (χ1v) is 9.76. The van der Waals surface area contributed by atoms with Crippen molar-refractivity contribution in [2.75, 3.05) is 21.7 Å². The van der Waals surface area contributed by atoms with Crippen LogP contribution < -0.4 is 13.9 Å². The first kappa shape index (κ1) is 20.1. The summed E-state index contributed by atoms with van der Waals surface area (Å²) < 4.78 is 65.5. The van der Waals surface area contributed by atoms with Gasteiger partial charge in [-0.15, -0.1) is 0 Å². The predicted octanol–water partition coefficient (Wildman–Crippen LogP) is 4.69. The smallest absolute Gasteiger partial charge is 0.404 e. The van der Waals surface area contributed by atoms with Crippen LogP contribution in [0.5, 0.6) is 0 Å². The number of benzene rings is 2. The van der Waals surface area contributed by atoms with Gasteiger partial charge in [0, 0.05) is 25.2 Å². The third-order valence-corrected chi connectivity index (χ3v) is 6.00. The number of nitrogens with one attached hydrogen (secondary N) is 1. The summed E-state index contributed by atoms with van der Waals surface area (Å²) >= 11 is 0. The zero-order valence-corrected chi connectivity index (χ0v) is 15.3. The van der Waals surface area contributed by atoms with Crippen molar-refractivity contribution in [2.24, 2.45) is 0 Å². The van der Waals surface area contributed by atoms with Crippen LogP contribution in [0.1, 0.15) is 12.8 Å². The summed E-state index contributed by atoms with van der Waals surface area (Å²) in [7, 11) is -3.87. The van der Waals surface area contributed by atoms with Gasteiger partial charge in [-0.3, -0.25) is 13.4 Å². The lowest BCUT2D eigenvalue weighted by atomic mass is 10.2. The Hall–Kier alpha value is -2.63. The number of unbranched alkanes of at least 4 members (excludes halogenated alkanes) is 1. The molecule has 1 amide bonds. The molecule has 0 aliphatic carbocycles. The standard InChI is InChI=1S/C17H18F3N3O4S/c18-11-9-12(19)16(13(20)10-11)23-15-6-2-1-5-14(15)22(28(23,26)27)8-4-3-7-21-17(24)25/h1-2,5-6,9-10,21,26-27H,3-4,7-8H2,(H,24,25). The van der Waals surface area contributed by atoms with E-state index in [0.717, 1.165) is 4.31 Å². The SMILES string of the molecule is O=C(O)NCCCCN1c2ccccc2N(c2c(F)cc(F)cc2F)S1(O)O. The summed E-state index contributed by atoms with van der Waals surface area (Å²) in [6.07, 6.45) is -0.365. The number of amides is 1. The first-order valence-electron chi connectivity index (χ1n) is 8.30. The average molecular weight is 417 g/mol. The molecule has 152 valence electrons. The van der Waals surface area contributed by atoms with Gasteiger partial charge in [0.1, 0.15) is 11.5 Å². The molecule has 0 saturated carbocycles. The van der Waals surface area contributed by atoms with Gasteiger partial charge in [-0.25, -0.2) is 22.3 Å². The second-order valence-corrected chi connectivity index (χ2v) is 7.82. The van der Waals surface area contributed by atoms with Gasteiger partial charge < -0.3 is 10.4 Å². The predicted molar refractivity (Wildman–Crippen MR) is 100 cm³/mol. The number of carboxylic acid groups (broad SMARTS) is 1. The first-order chi connectivity index (χ1) is 13.2. The van der Waals surface area contributed by atoms with E-state index in [2.05, 4.69) is 5.32 Å². The monoisotopic (exact) mass is 417 g/mol. The molecule has 1 aliphatic heterocycles. The highest BCUT2D eigenvalue weighted by molar-refractivity contribution is 8.27. The fourth-order valence-electron chi connectivity index (χ4n) is 3.00. The van der Waals surface area contributed by atoms with Crippen molar-refractivity contribution in [3.05, 3.63) is 53.8 Å². The molecule has 7 nitrogen and oxygen atoms in total. The van der Waals surface area contributed by atoms with Crippen molar-refractivity contribution in [3.8, 4) is 0 Å². The molecule has 2 aromatic carbocycles. The number of rotatable bonds is 6. The van der Waals surface area contributed by atoms with Crippen LogP contribution >= 0.6 is 11.0 Å². The highest BCUT2D eigenvalue weighted by Gasteiger charge is 2.43. The van der Waals surface area contributed by atoms with Gasteiger partial charge in [0.15, 0.2) is 11.6 Å². The number of hydrogen-bond acceptors (Lipinski definition) is 5. The molecule has 3 rings (SSSR count). The molecular formula is C17H18F3N3O4S. The van der Waals surface area contributed by atoms with Crippen LogP contribution in [0.4, 0.5) is 35.0 Å². The van der Waals surface area contributed by atoms with Crippen molar-refractivity contribution in [2.45, 2.75) is 12.8 Å². The lowest BCUT2D eigenvalue weighted by Gasteiger charge is -2.43. The van der Waals surface area contributed by atoms with E-state index in [1.54, 1.807) is 18.2 Å². The number of fused-ring (bicyclic) bond motifs is 1. The van der Waals surface area contributed by atoms with Crippen LogP contribution in [-0.4, -0.2) is 33.4 Å². The second kappa shape index (κ2) is 7.78. The number of nitrogens with zero attached hydrogens (tertiary/aromatic N) is 2. The van der Waals surface area contributed by atoms with Crippen LogP contribution in [0, 0.1) is 17.5 Å². The summed E-state index contributed by atoms with van der Waals surface area (Å²) in [5, 5.41) is 10.8. The van der Waals surface area contributed by atoms with E-state index in [4.69, 9.17) is 5.11 Å². The van der Waals surface area contributed by atoms with E-state index in [-0.39, 0.29) is 18.8 Å². The highest BCUT2D eigenvalue weighted by Crippen LogP contribution is 2.64. The average Bonchev–Trinajstić information content (AvgIpc) is 2.81. The molecule has 0 aromatic heterocycles. The van der Waals surface area contributed by atoms with Gasteiger partial charge in [-0.05, 0) is 35.9 Å². The Balaban J connectivity index is 1.92. The van der Waals surface area contributed by atoms with Gasteiger partial charge in [0.05, 0.1) is 11.4 Å². The lowest BCUT2D eigenvalue weighted by Crippen LogP contribution is -2.33. The number of para-hydroxylation sites is 2. The lowest BCUT2D eigenvalue weighted by molar-refractivity contribution is 0.194. The molecule has 0 spiro atoms. The Kier molecular flexibility index (Phi) is 5.59. The van der Waals surface area contributed by atoms with Crippen LogP contribution in [0.25, 0.3) is 0 Å². The van der Waals surface area contributed by atoms with Gasteiger partial charge in [0.2, 0.25) is 0 Å². The molecule has 4 N–H and O–H groups in total. The largest absolute Gasteiger partial charge is 0.465 e. The Morgan fingerprint density at radius 3 is 2.25 bits per heavy atom. The maximum Gasteiger partial charge on any atom is 0.404 e. The van der Waals surface area contributed by atoms with Crippen molar-refractivity contribution >= 4 is 34.1 Å². The highest BCUT2D eigenvalue weighted by atomic mass is 32.3. The molecule has 0 radical (unpaired) electrons. The Morgan fingerprint density at radius 1 is 1.04 bits per heavy atom. The Bertz CT molecular complexity index is 877. The van der Waals surface area contributed by atoms with E-state index < -0.39 is 40.2 Å². The van der Waals surface area contributed by atoms with E-state index in [1.807, 2.05) is 0 Å². The van der Waals surface area contributed by atoms with Crippen molar-refractivity contribution in [3.63, 3.8) is 0 Å². The molecular weight excluding hydrogens is 399 g/mol. The van der Waals surface area contributed by atoms with E-state index >= 15 is 0 Å². The summed E-state index contributed by atoms with van der Waals surface area (Å²) in [6, 6.07) is 7.18. The fourth-order valence-corrected chi connectivity index (χ4v) is 4.83. The van der Waals surface area contributed by atoms with Crippen LogP contribution in [0.2, 0.25) is 0 Å². The normalized spacial score (nSPS) is 16.0. The molecule has 2 aromatic rings. The zero-order valence-electron chi connectivity index (χ0n) is 14.5. The van der Waals surface area contributed by atoms with Crippen molar-refractivity contribution in [1.82, 2.24) is 5.32 Å². The van der Waals surface area contributed by atoms with Crippen LogP contribution in [0.3, 0.4) is 0 Å². The topological polar surface area (TPSA) is 96.3 Å². The minimum atomic E-state index is -3.87. The molecule has 0 atom stereocenters. The molecule has 0 unspecified atom stereocenters. The maximum absolute atomic E-state index is 14.3. The minimum Gasteiger partial charge on any atom is -0.465 e. The molecule has 0 saturated heterocycles. The van der Waals surface area contributed by atoms with Crippen LogP contribution in [-0.2, 0) is 0 Å². The Morgan fingerprint density at radius 2 is 1.64 bits per heavy atom. The van der Waals surface area contributed by atoms with E-state index in [0.29, 0.717) is 30.7 Å². The van der Waals surface area contributed by atoms with Gasteiger partial charge in [-0.2, -0.15) is 0 Å². The fraction of sp³-hybridized carbons (Fsp3) is 0.235. The summed E-state index contributed by atoms with van der Waals surface area (Å²) in [5.74, 6) is -3.65. The van der Waals surface area contributed by atoms with E-state index in [9.17, 15) is 27.1 Å². The maximum atomic E-state index is 14.3. The van der Waals surface area contributed by atoms with Crippen molar-refractivity contribution < 1.29 is 32.2 Å². The summed E-state index contributed by atoms with van der Waals surface area (Å²) in [4.78, 5) is 10.5. The number of halogens is 3.